The maximum Gasteiger partial charge on any atom is 0.412 e. The Kier molecular flexibility index (Phi) is 8.41. The second kappa shape index (κ2) is 12.5. The summed E-state index contributed by atoms with van der Waals surface area (Å²) in [5.41, 5.74) is 7.11. The van der Waals surface area contributed by atoms with Gasteiger partial charge in [0.1, 0.15) is 17.4 Å². The number of carbonyl (C=O) groups is 3. The molecule has 5 rings (SSSR count). The van der Waals surface area contributed by atoms with Crippen molar-refractivity contribution in [2.24, 2.45) is 5.73 Å². The van der Waals surface area contributed by atoms with Gasteiger partial charge in [0, 0.05) is 43.5 Å². The van der Waals surface area contributed by atoms with E-state index in [1.54, 1.807) is 65.6 Å². The zero-order valence-electron chi connectivity index (χ0n) is 22.0. The fourth-order valence-corrected chi connectivity index (χ4v) is 4.80. The van der Waals surface area contributed by atoms with Crippen LogP contribution in [0.25, 0.3) is 0 Å². The van der Waals surface area contributed by atoms with E-state index in [1.807, 2.05) is 6.07 Å². The number of nitrogens with one attached hydrogen (secondary N) is 2. The summed E-state index contributed by atoms with van der Waals surface area (Å²) in [6.45, 7) is 3.48. The van der Waals surface area contributed by atoms with Crippen molar-refractivity contribution in [1.82, 2.24) is 15.2 Å². The van der Waals surface area contributed by atoms with Gasteiger partial charge in [-0.2, -0.15) is 0 Å². The lowest BCUT2D eigenvalue weighted by Crippen LogP contribution is -2.48. The highest BCUT2D eigenvalue weighted by Gasteiger charge is 2.24. The predicted molar refractivity (Wildman–Crippen MR) is 150 cm³/mol. The van der Waals surface area contributed by atoms with Gasteiger partial charge in [-0.15, -0.1) is 0 Å². The van der Waals surface area contributed by atoms with Crippen LogP contribution in [0.1, 0.15) is 33.6 Å². The van der Waals surface area contributed by atoms with E-state index < -0.39 is 12.0 Å². The molecule has 1 aromatic heterocycles. The summed E-state index contributed by atoms with van der Waals surface area (Å²) >= 11 is 0. The van der Waals surface area contributed by atoms with E-state index >= 15 is 0 Å². The van der Waals surface area contributed by atoms with Crippen LogP contribution in [0.5, 0.6) is 5.75 Å². The molecule has 3 amide bonds. The van der Waals surface area contributed by atoms with E-state index in [1.165, 1.54) is 0 Å². The number of para-hydroxylation sites is 1. The van der Waals surface area contributed by atoms with Gasteiger partial charge in [0.2, 0.25) is 0 Å². The van der Waals surface area contributed by atoms with Gasteiger partial charge in [-0.3, -0.25) is 9.59 Å². The Bertz CT molecular complexity index is 1340. The van der Waals surface area contributed by atoms with Gasteiger partial charge in [0.15, 0.2) is 0 Å². The Morgan fingerprint density at radius 3 is 2.42 bits per heavy atom. The number of nitrogens with two attached hydrogens (primary N) is 1. The minimum absolute atomic E-state index is 0.0475. The average Bonchev–Trinajstić information content (AvgIpc) is 2.98. The van der Waals surface area contributed by atoms with Crippen molar-refractivity contribution >= 4 is 35.2 Å². The average molecular weight is 545 g/mol. The molecule has 2 aliphatic rings. The Labute approximate surface area is 232 Å². The third-order valence-corrected chi connectivity index (χ3v) is 6.86. The Hall–Kier alpha value is -4.64. The topological polar surface area (TPSA) is 139 Å². The summed E-state index contributed by atoms with van der Waals surface area (Å²) < 4.78 is 10.7. The minimum Gasteiger partial charge on any atom is -0.410 e. The lowest BCUT2D eigenvalue weighted by molar-refractivity contribution is 0.0303. The molecule has 11 heteroatoms. The smallest absolute Gasteiger partial charge is 0.410 e. The van der Waals surface area contributed by atoms with Gasteiger partial charge in [0.05, 0.1) is 18.8 Å². The third-order valence-electron chi connectivity index (χ3n) is 6.86. The molecule has 0 bridgehead atoms. The number of piperidine rings is 1. The quantitative estimate of drug-likeness (QED) is 0.412. The van der Waals surface area contributed by atoms with Crippen LogP contribution < -0.4 is 26.0 Å². The number of pyridine rings is 1. The van der Waals surface area contributed by atoms with Crippen LogP contribution in [0.15, 0.2) is 66.7 Å². The normalized spacial score (nSPS) is 17.1. The van der Waals surface area contributed by atoms with Crippen LogP contribution >= 0.6 is 0 Å². The number of primary amides is 1. The van der Waals surface area contributed by atoms with Gasteiger partial charge in [0.25, 0.3) is 11.8 Å². The number of hydrogen-bond acceptors (Lipinski definition) is 8. The van der Waals surface area contributed by atoms with Crippen molar-refractivity contribution in [3.05, 3.63) is 77.9 Å². The number of ether oxygens (including phenoxy) is 2. The number of nitrogens with zero attached hydrogens (tertiary/aromatic N) is 3. The zero-order valence-corrected chi connectivity index (χ0v) is 22.0. The van der Waals surface area contributed by atoms with E-state index in [0.29, 0.717) is 61.5 Å². The molecule has 0 aliphatic carbocycles. The van der Waals surface area contributed by atoms with Crippen LogP contribution in [0, 0.1) is 0 Å². The molecule has 0 unspecified atom stereocenters. The molecule has 208 valence electrons. The molecular weight excluding hydrogens is 512 g/mol. The molecule has 3 aromatic rings. The molecule has 2 saturated heterocycles. The molecule has 0 saturated carbocycles. The highest BCUT2D eigenvalue weighted by Crippen LogP contribution is 2.25. The number of amides is 3. The van der Waals surface area contributed by atoms with Gasteiger partial charge in [-0.05, 0) is 61.4 Å². The van der Waals surface area contributed by atoms with E-state index in [0.717, 1.165) is 19.4 Å². The third kappa shape index (κ3) is 6.67. The monoisotopic (exact) mass is 544 g/mol. The first-order valence-corrected chi connectivity index (χ1v) is 13.3. The van der Waals surface area contributed by atoms with E-state index in [9.17, 15) is 14.4 Å². The fraction of sp³-hybridized carbons (Fsp3) is 0.310. The molecular formula is C29H32N6O5. The molecule has 2 fully saturated rings. The molecule has 2 aromatic carbocycles. The summed E-state index contributed by atoms with van der Waals surface area (Å²) in [5.74, 6) is 0.784. The van der Waals surface area contributed by atoms with Crippen molar-refractivity contribution in [2.75, 3.05) is 49.6 Å². The maximum atomic E-state index is 12.8. The number of aromatic nitrogens is 1. The molecule has 4 N–H and O–H groups in total. The van der Waals surface area contributed by atoms with Gasteiger partial charge < -0.3 is 35.6 Å². The predicted octanol–water partition coefficient (Wildman–Crippen LogP) is 3.15. The first-order valence-electron chi connectivity index (χ1n) is 13.3. The molecule has 40 heavy (non-hydrogen) atoms. The largest absolute Gasteiger partial charge is 0.412 e. The molecule has 1 atom stereocenters. The van der Waals surface area contributed by atoms with Gasteiger partial charge >= 0.3 is 6.09 Å². The highest BCUT2D eigenvalue weighted by molar-refractivity contribution is 5.99. The van der Waals surface area contributed by atoms with Crippen LogP contribution in [0.4, 0.5) is 22.1 Å². The summed E-state index contributed by atoms with van der Waals surface area (Å²) in [7, 11) is 0. The number of anilines is 3. The van der Waals surface area contributed by atoms with Crippen molar-refractivity contribution in [3.63, 3.8) is 0 Å². The number of rotatable bonds is 7. The maximum absolute atomic E-state index is 12.8. The van der Waals surface area contributed by atoms with Crippen molar-refractivity contribution in [3.8, 4) is 5.75 Å². The molecule has 11 nitrogen and oxygen atoms in total. The number of carbonyl (C=O) groups excluding carboxylic acids is 3. The Balaban J connectivity index is 1.26. The van der Waals surface area contributed by atoms with Gasteiger partial charge in [-0.25, -0.2) is 9.78 Å². The molecule has 2 aliphatic heterocycles. The second-order valence-electron chi connectivity index (χ2n) is 9.67. The van der Waals surface area contributed by atoms with E-state index in [2.05, 4.69) is 15.5 Å². The summed E-state index contributed by atoms with van der Waals surface area (Å²) in [6, 6.07) is 19.2. The second-order valence-corrected chi connectivity index (χ2v) is 9.67. The lowest BCUT2D eigenvalue weighted by atomic mass is 10.1. The van der Waals surface area contributed by atoms with Crippen LogP contribution in [-0.4, -0.2) is 73.2 Å². The van der Waals surface area contributed by atoms with Crippen LogP contribution in [-0.2, 0) is 4.74 Å². The first kappa shape index (κ1) is 26.9. The van der Waals surface area contributed by atoms with E-state index in [4.69, 9.17) is 20.2 Å². The number of morpholine rings is 1. The van der Waals surface area contributed by atoms with Crippen LogP contribution in [0.2, 0.25) is 0 Å². The Morgan fingerprint density at radius 1 is 0.950 bits per heavy atom. The Morgan fingerprint density at radius 2 is 1.70 bits per heavy atom. The standard InChI is InChI=1S/C29H32N6O5/c30-26(36)24-12-13-25(35-14-4-5-22(19-35)32-29(38)40-23-6-2-1-3-7-23)33-27(24)31-21-10-8-20(9-11-21)28(37)34-15-17-39-18-16-34/h1-3,6-13,22H,4-5,14-19H2,(H2,30,36)(H,31,33)(H,32,38)/t22-/m1/s1. The first-order chi connectivity index (χ1) is 19.5. The van der Waals surface area contributed by atoms with Crippen molar-refractivity contribution in [2.45, 2.75) is 18.9 Å². The molecule has 3 heterocycles. The van der Waals surface area contributed by atoms with Gasteiger partial charge in [-0.1, -0.05) is 18.2 Å². The lowest BCUT2D eigenvalue weighted by Gasteiger charge is -2.34. The molecule has 0 spiro atoms. The van der Waals surface area contributed by atoms with Crippen LogP contribution in [0.3, 0.4) is 0 Å². The number of hydrogen-bond donors (Lipinski definition) is 3. The summed E-state index contributed by atoms with van der Waals surface area (Å²) in [4.78, 5) is 45.8. The molecule has 0 radical (unpaired) electrons. The summed E-state index contributed by atoms with van der Waals surface area (Å²) in [6.07, 6.45) is 1.14. The fourth-order valence-electron chi connectivity index (χ4n) is 4.80. The van der Waals surface area contributed by atoms with Crippen molar-refractivity contribution < 1.29 is 23.9 Å². The minimum atomic E-state index is -0.609. The van der Waals surface area contributed by atoms with E-state index in [-0.39, 0.29) is 17.5 Å². The number of benzene rings is 2. The summed E-state index contributed by atoms with van der Waals surface area (Å²) in [5, 5.41) is 6.11. The SMILES string of the molecule is NC(=O)c1ccc(N2CCC[C@@H](NC(=O)Oc3ccccc3)C2)nc1Nc1ccc(C(=O)N2CCOCC2)cc1. The van der Waals surface area contributed by atoms with Crippen molar-refractivity contribution in [1.29, 1.82) is 0 Å². The zero-order chi connectivity index (χ0) is 27.9. The highest BCUT2D eigenvalue weighted by atomic mass is 16.6.